The molecule has 1 N–H and O–H groups in total. The summed E-state index contributed by atoms with van der Waals surface area (Å²) in [4.78, 5) is 12.1. The van der Waals surface area contributed by atoms with E-state index in [9.17, 15) is 9.18 Å². The third-order valence-corrected chi connectivity index (χ3v) is 4.46. The summed E-state index contributed by atoms with van der Waals surface area (Å²) in [5, 5.41) is 7.19. The quantitative estimate of drug-likeness (QED) is 0.885. The van der Waals surface area contributed by atoms with Gasteiger partial charge < -0.3 is 10.1 Å². The van der Waals surface area contributed by atoms with E-state index in [1.54, 1.807) is 12.3 Å². The third kappa shape index (κ3) is 3.55. The van der Waals surface area contributed by atoms with Crippen LogP contribution in [-0.2, 0) is 18.3 Å². The van der Waals surface area contributed by atoms with Crippen LogP contribution in [-0.4, -0.2) is 22.3 Å². The maximum Gasteiger partial charge on any atom is 0.258 e. The van der Waals surface area contributed by atoms with Gasteiger partial charge in [0, 0.05) is 22.8 Å². The molecule has 0 spiro atoms. The summed E-state index contributed by atoms with van der Waals surface area (Å²) in [7, 11) is 1.91. The number of aryl methyl sites for hydroxylation is 1. The molecule has 3 rings (SSSR count). The summed E-state index contributed by atoms with van der Waals surface area (Å²) in [5.74, 6) is -0.706. The van der Waals surface area contributed by atoms with E-state index < -0.39 is 5.82 Å². The second kappa shape index (κ2) is 6.70. The van der Waals surface area contributed by atoms with Crippen molar-refractivity contribution in [3.63, 3.8) is 0 Å². The first-order valence-electron chi connectivity index (χ1n) is 7.42. The number of halogens is 2. The van der Waals surface area contributed by atoms with Gasteiger partial charge in [-0.25, -0.2) is 4.39 Å². The van der Waals surface area contributed by atoms with Gasteiger partial charge in [-0.05, 0) is 37.5 Å². The predicted octanol–water partition coefficient (Wildman–Crippen LogP) is 2.89. The lowest BCUT2D eigenvalue weighted by Crippen LogP contribution is -2.34. The number of nitrogens with zero attached hydrogens (tertiary/aromatic N) is 2. The molecule has 0 bridgehead atoms. The first kappa shape index (κ1) is 16.0. The molecule has 0 aliphatic heterocycles. The standard InChI is InChI=1S/C16H17BrFN3O2/c1-21-14-4-2-3-13(11(14)8-19-21)20-16(22)9-23-15-6-5-10(17)7-12(15)18/h5-8,13H,2-4,9H2,1H3,(H,20,22). The number of amides is 1. The second-order valence-electron chi connectivity index (χ2n) is 5.55. The first-order chi connectivity index (χ1) is 11.0. The van der Waals surface area contributed by atoms with Crippen LogP contribution in [0.3, 0.4) is 0 Å². The molecule has 5 nitrogen and oxygen atoms in total. The van der Waals surface area contributed by atoms with E-state index >= 15 is 0 Å². The summed E-state index contributed by atoms with van der Waals surface area (Å²) in [6.45, 7) is -0.218. The maximum absolute atomic E-state index is 13.7. The van der Waals surface area contributed by atoms with Crippen molar-refractivity contribution < 1.29 is 13.9 Å². The van der Waals surface area contributed by atoms with Crippen LogP contribution in [0.4, 0.5) is 4.39 Å². The molecule has 1 aliphatic carbocycles. The predicted molar refractivity (Wildman–Crippen MR) is 86.6 cm³/mol. The molecule has 7 heteroatoms. The Balaban J connectivity index is 1.60. The zero-order chi connectivity index (χ0) is 16.4. The van der Waals surface area contributed by atoms with Crippen LogP contribution in [0.2, 0.25) is 0 Å². The number of benzene rings is 1. The van der Waals surface area contributed by atoms with Gasteiger partial charge in [-0.2, -0.15) is 5.10 Å². The van der Waals surface area contributed by atoms with Crippen molar-refractivity contribution in [2.75, 3.05) is 6.61 Å². The summed E-state index contributed by atoms with van der Waals surface area (Å²) in [6, 6.07) is 4.40. The smallest absolute Gasteiger partial charge is 0.258 e. The van der Waals surface area contributed by atoms with Gasteiger partial charge in [-0.1, -0.05) is 15.9 Å². The van der Waals surface area contributed by atoms with Gasteiger partial charge in [0.05, 0.1) is 12.2 Å². The highest BCUT2D eigenvalue weighted by molar-refractivity contribution is 9.10. The molecule has 0 fully saturated rings. The Labute approximate surface area is 142 Å². The van der Waals surface area contributed by atoms with Gasteiger partial charge in [-0.3, -0.25) is 9.48 Å². The molecular weight excluding hydrogens is 365 g/mol. The number of carbonyl (C=O) groups excluding carboxylic acids is 1. The van der Waals surface area contributed by atoms with Gasteiger partial charge in [0.15, 0.2) is 18.2 Å². The average molecular weight is 382 g/mol. The molecule has 1 heterocycles. The zero-order valence-corrected chi connectivity index (χ0v) is 14.3. The van der Waals surface area contributed by atoms with Crippen LogP contribution in [0, 0.1) is 5.82 Å². The van der Waals surface area contributed by atoms with Gasteiger partial charge in [0.25, 0.3) is 5.91 Å². The fourth-order valence-corrected chi connectivity index (χ4v) is 3.16. The van der Waals surface area contributed by atoms with Crippen molar-refractivity contribution in [1.82, 2.24) is 15.1 Å². The highest BCUT2D eigenvalue weighted by Gasteiger charge is 2.24. The van der Waals surface area contributed by atoms with Gasteiger partial charge in [-0.15, -0.1) is 0 Å². The first-order valence-corrected chi connectivity index (χ1v) is 8.22. The summed E-state index contributed by atoms with van der Waals surface area (Å²) in [6.07, 6.45) is 4.64. The molecule has 1 aromatic heterocycles. The van der Waals surface area contributed by atoms with E-state index in [4.69, 9.17) is 4.74 Å². The van der Waals surface area contributed by atoms with Crippen LogP contribution in [0.15, 0.2) is 28.9 Å². The lowest BCUT2D eigenvalue weighted by Gasteiger charge is -2.23. The van der Waals surface area contributed by atoms with Crippen LogP contribution in [0.25, 0.3) is 0 Å². The number of aromatic nitrogens is 2. The minimum absolute atomic E-state index is 0.0571. The molecule has 1 atom stereocenters. The number of hydrogen-bond donors (Lipinski definition) is 1. The van der Waals surface area contributed by atoms with E-state index in [-0.39, 0.29) is 24.3 Å². The maximum atomic E-state index is 13.7. The summed E-state index contributed by atoms with van der Waals surface area (Å²) < 4.78 is 21.4. The van der Waals surface area contributed by atoms with Crippen molar-refractivity contribution in [3.8, 4) is 5.75 Å². The van der Waals surface area contributed by atoms with Crippen LogP contribution >= 0.6 is 15.9 Å². The highest BCUT2D eigenvalue weighted by Crippen LogP contribution is 2.29. The SMILES string of the molecule is Cn1ncc2c1CCCC2NC(=O)COc1ccc(Br)cc1F. The number of nitrogens with one attached hydrogen (secondary N) is 1. The largest absolute Gasteiger partial charge is 0.481 e. The lowest BCUT2D eigenvalue weighted by molar-refractivity contribution is -0.124. The molecule has 1 aliphatic rings. The molecule has 1 aromatic carbocycles. The van der Waals surface area contributed by atoms with Crippen LogP contribution in [0.1, 0.15) is 30.1 Å². The second-order valence-corrected chi connectivity index (χ2v) is 6.46. The van der Waals surface area contributed by atoms with Crippen molar-refractivity contribution in [2.24, 2.45) is 7.05 Å². The Morgan fingerprint density at radius 1 is 1.57 bits per heavy atom. The fraction of sp³-hybridized carbons (Fsp3) is 0.375. The zero-order valence-electron chi connectivity index (χ0n) is 12.7. The monoisotopic (exact) mass is 381 g/mol. The Morgan fingerprint density at radius 2 is 2.39 bits per heavy atom. The van der Waals surface area contributed by atoms with Gasteiger partial charge in [0.1, 0.15) is 0 Å². The van der Waals surface area contributed by atoms with Gasteiger partial charge in [0.2, 0.25) is 0 Å². The molecule has 1 amide bonds. The summed E-state index contributed by atoms with van der Waals surface area (Å²) >= 11 is 3.18. The van der Waals surface area contributed by atoms with E-state index in [2.05, 4.69) is 26.3 Å². The number of ether oxygens (including phenoxy) is 1. The van der Waals surface area contributed by atoms with E-state index in [0.29, 0.717) is 4.47 Å². The number of hydrogen-bond acceptors (Lipinski definition) is 3. The molecule has 1 unspecified atom stereocenters. The molecule has 0 radical (unpaired) electrons. The number of rotatable bonds is 4. The molecule has 2 aromatic rings. The van der Waals surface area contributed by atoms with E-state index in [0.717, 1.165) is 30.5 Å². The molecule has 122 valence electrons. The normalized spacial score (nSPS) is 16.7. The molecule has 0 saturated heterocycles. The number of carbonyl (C=O) groups is 1. The molecular formula is C16H17BrFN3O2. The Morgan fingerprint density at radius 3 is 3.17 bits per heavy atom. The Bertz CT molecular complexity index is 732. The minimum Gasteiger partial charge on any atom is -0.481 e. The van der Waals surface area contributed by atoms with Crippen molar-refractivity contribution >= 4 is 21.8 Å². The average Bonchev–Trinajstić information content (AvgIpc) is 2.89. The van der Waals surface area contributed by atoms with E-state index in [1.165, 1.54) is 12.1 Å². The van der Waals surface area contributed by atoms with Crippen molar-refractivity contribution in [3.05, 3.63) is 45.9 Å². The van der Waals surface area contributed by atoms with Crippen LogP contribution in [0.5, 0.6) is 5.75 Å². The van der Waals surface area contributed by atoms with E-state index in [1.807, 2.05) is 11.7 Å². The lowest BCUT2D eigenvalue weighted by atomic mass is 9.93. The molecule has 0 saturated carbocycles. The third-order valence-electron chi connectivity index (χ3n) is 3.96. The topological polar surface area (TPSA) is 56.2 Å². The number of fused-ring (bicyclic) bond motifs is 1. The molecule has 23 heavy (non-hydrogen) atoms. The summed E-state index contributed by atoms with van der Waals surface area (Å²) in [5.41, 5.74) is 2.21. The van der Waals surface area contributed by atoms with Crippen molar-refractivity contribution in [2.45, 2.75) is 25.3 Å². The Kier molecular flexibility index (Phi) is 4.66. The highest BCUT2D eigenvalue weighted by atomic mass is 79.9. The van der Waals surface area contributed by atoms with Crippen LogP contribution < -0.4 is 10.1 Å². The minimum atomic E-state index is -0.501. The Hall–Kier alpha value is -1.89. The van der Waals surface area contributed by atoms with Crippen molar-refractivity contribution in [1.29, 1.82) is 0 Å². The van der Waals surface area contributed by atoms with Gasteiger partial charge >= 0.3 is 0 Å². The fourth-order valence-electron chi connectivity index (χ4n) is 2.83.